The zero-order valence-electron chi connectivity index (χ0n) is 10.2. The number of hydrogen-bond donors (Lipinski definition) is 2. The van der Waals surface area contributed by atoms with Crippen LogP contribution in [0.4, 0.5) is 4.79 Å². The first-order valence-corrected chi connectivity index (χ1v) is 6.60. The summed E-state index contributed by atoms with van der Waals surface area (Å²) in [5.74, 6) is -0.0422. The summed E-state index contributed by atoms with van der Waals surface area (Å²) in [6.07, 6.45) is 6.25. The molecule has 3 amide bonds. The van der Waals surface area contributed by atoms with Gasteiger partial charge in [-0.2, -0.15) is 0 Å². The molecule has 5 nitrogen and oxygen atoms in total. The topological polar surface area (TPSA) is 61.4 Å². The van der Waals surface area contributed by atoms with Gasteiger partial charge in [0.05, 0.1) is 0 Å². The lowest BCUT2D eigenvalue weighted by molar-refractivity contribution is -0.124. The number of rotatable bonds is 1. The Labute approximate surface area is 102 Å². The number of carbonyl (C=O) groups excluding carboxylic acids is 2. The lowest BCUT2D eigenvalue weighted by Crippen LogP contribution is -2.53. The zero-order chi connectivity index (χ0) is 12.1. The predicted octanol–water partition coefficient (Wildman–Crippen LogP) is 0.851. The van der Waals surface area contributed by atoms with E-state index in [-0.39, 0.29) is 18.0 Å². The van der Waals surface area contributed by atoms with Gasteiger partial charge in [0.15, 0.2) is 0 Å². The van der Waals surface area contributed by atoms with E-state index in [1.165, 1.54) is 12.8 Å². The van der Waals surface area contributed by atoms with E-state index in [1.807, 2.05) is 4.90 Å². The van der Waals surface area contributed by atoms with Crippen LogP contribution in [-0.4, -0.2) is 42.5 Å². The van der Waals surface area contributed by atoms with Crippen LogP contribution in [0.2, 0.25) is 0 Å². The average molecular weight is 239 g/mol. The maximum Gasteiger partial charge on any atom is 0.318 e. The largest absolute Gasteiger partial charge is 0.354 e. The number of carbonyl (C=O) groups is 2. The number of urea groups is 1. The summed E-state index contributed by atoms with van der Waals surface area (Å²) in [5.41, 5.74) is 0. The van der Waals surface area contributed by atoms with Gasteiger partial charge in [0, 0.05) is 19.6 Å². The fraction of sp³-hybridized carbons (Fsp3) is 0.833. The molecule has 0 aromatic heterocycles. The highest BCUT2D eigenvalue weighted by molar-refractivity contribution is 5.87. The van der Waals surface area contributed by atoms with Gasteiger partial charge in [-0.15, -0.1) is 0 Å². The van der Waals surface area contributed by atoms with Crippen molar-refractivity contribution in [3.8, 4) is 0 Å². The average Bonchev–Trinajstić information content (AvgIpc) is 2.61. The van der Waals surface area contributed by atoms with Crippen molar-refractivity contribution in [3.63, 3.8) is 0 Å². The Morgan fingerprint density at radius 1 is 1.18 bits per heavy atom. The van der Waals surface area contributed by atoms with E-state index < -0.39 is 0 Å². The summed E-state index contributed by atoms with van der Waals surface area (Å²) < 4.78 is 0. The fourth-order valence-corrected chi connectivity index (χ4v) is 2.42. The molecule has 2 aliphatic rings. The van der Waals surface area contributed by atoms with Gasteiger partial charge in [-0.25, -0.2) is 4.79 Å². The number of hydrogen-bond acceptors (Lipinski definition) is 2. The number of nitrogens with one attached hydrogen (secondary N) is 2. The van der Waals surface area contributed by atoms with Gasteiger partial charge in [-0.1, -0.05) is 12.8 Å². The minimum Gasteiger partial charge on any atom is -0.354 e. The molecule has 1 unspecified atom stereocenters. The molecule has 0 radical (unpaired) electrons. The molecule has 0 aliphatic carbocycles. The van der Waals surface area contributed by atoms with Crippen LogP contribution in [0, 0.1) is 0 Å². The standard InChI is InChI=1S/C12H21N3O2/c16-11-10(6-5-7-13-11)14-12(17)15-8-3-1-2-4-9-15/h10H,1-9H2,(H,13,16)(H,14,17). The number of nitrogens with zero attached hydrogens (tertiary/aromatic N) is 1. The van der Waals surface area contributed by atoms with E-state index in [1.54, 1.807) is 0 Å². The van der Waals surface area contributed by atoms with Crippen molar-refractivity contribution in [3.05, 3.63) is 0 Å². The van der Waals surface area contributed by atoms with Crippen molar-refractivity contribution in [1.29, 1.82) is 0 Å². The van der Waals surface area contributed by atoms with Crippen LogP contribution in [-0.2, 0) is 4.79 Å². The normalized spacial score (nSPS) is 26.0. The van der Waals surface area contributed by atoms with Gasteiger partial charge < -0.3 is 15.5 Å². The summed E-state index contributed by atoms with van der Waals surface area (Å²) in [7, 11) is 0. The van der Waals surface area contributed by atoms with Gasteiger partial charge in [-0.05, 0) is 25.7 Å². The fourth-order valence-electron chi connectivity index (χ4n) is 2.42. The molecule has 17 heavy (non-hydrogen) atoms. The van der Waals surface area contributed by atoms with Crippen LogP contribution in [0.1, 0.15) is 38.5 Å². The highest BCUT2D eigenvalue weighted by Gasteiger charge is 2.25. The summed E-state index contributed by atoms with van der Waals surface area (Å²) in [4.78, 5) is 25.4. The van der Waals surface area contributed by atoms with E-state index in [9.17, 15) is 9.59 Å². The lowest BCUT2D eigenvalue weighted by atomic mass is 10.1. The van der Waals surface area contributed by atoms with E-state index >= 15 is 0 Å². The quantitative estimate of drug-likeness (QED) is 0.712. The molecule has 0 aromatic carbocycles. The van der Waals surface area contributed by atoms with Gasteiger partial charge in [0.25, 0.3) is 0 Å². The smallest absolute Gasteiger partial charge is 0.318 e. The van der Waals surface area contributed by atoms with E-state index in [4.69, 9.17) is 0 Å². The minimum atomic E-state index is -0.334. The van der Waals surface area contributed by atoms with Crippen LogP contribution >= 0.6 is 0 Å². The Morgan fingerprint density at radius 3 is 2.53 bits per heavy atom. The Bertz CT molecular complexity index is 285. The van der Waals surface area contributed by atoms with Crippen LogP contribution < -0.4 is 10.6 Å². The molecular weight excluding hydrogens is 218 g/mol. The molecule has 2 N–H and O–H groups in total. The molecule has 0 saturated carbocycles. The highest BCUT2D eigenvalue weighted by atomic mass is 16.2. The molecular formula is C12H21N3O2. The molecule has 5 heteroatoms. The Balaban J connectivity index is 1.84. The third kappa shape index (κ3) is 3.35. The van der Waals surface area contributed by atoms with Gasteiger partial charge in [-0.3, -0.25) is 4.79 Å². The number of amides is 3. The van der Waals surface area contributed by atoms with Crippen LogP contribution in [0.15, 0.2) is 0 Å². The molecule has 0 spiro atoms. The van der Waals surface area contributed by atoms with Crippen LogP contribution in [0.5, 0.6) is 0 Å². The second-order valence-electron chi connectivity index (χ2n) is 4.84. The maximum absolute atomic E-state index is 12.0. The summed E-state index contributed by atoms with van der Waals surface area (Å²) in [5, 5.41) is 5.62. The number of likely N-dealkylation sites (tertiary alicyclic amines) is 1. The van der Waals surface area contributed by atoms with E-state index in [2.05, 4.69) is 10.6 Å². The third-order valence-electron chi connectivity index (χ3n) is 3.48. The predicted molar refractivity (Wildman–Crippen MR) is 64.6 cm³/mol. The molecule has 2 aliphatic heterocycles. The Kier molecular flexibility index (Phi) is 4.23. The van der Waals surface area contributed by atoms with Crippen molar-refractivity contribution >= 4 is 11.9 Å². The molecule has 1 atom stereocenters. The second kappa shape index (κ2) is 5.89. The summed E-state index contributed by atoms with van der Waals surface area (Å²) in [6.45, 7) is 2.37. The first-order chi connectivity index (χ1) is 8.27. The van der Waals surface area contributed by atoms with Gasteiger partial charge >= 0.3 is 6.03 Å². The number of piperidine rings is 1. The van der Waals surface area contributed by atoms with Crippen molar-refractivity contribution < 1.29 is 9.59 Å². The van der Waals surface area contributed by atoms with Crippen LogP contribution in [0.25, 0.3) is 0 Å². The van der Waals surface area contributed by atoms with Crippen LogP contribution in [0.3, 0.4) is 0 Å². The molecule has 2 fully saturated rings. The molecule has 2 rings (SSSR count). The Hall–Kier alpha value is -1.26. The summed E-state index contributed by atoms with van der Waals surface area (Å²) >= 11 is 0. The first kappa shape index (κ1) is 12.2. The third-order valence-corrected chi connectivity index (χ3v) is 3.48. The molecule has 96 valence electrons. The monoisotopic (exact) mass is 239 g/mol. The SMILES string of the molecule is O=C1NCCCC1NC(=O)N1CCCCCC1. The maximum atomic E-state index is 12.0. The van der Waals surface area contributed by atoms with Crippen molar-refractivity contribution in [2.24, 2.45) is 0 Å². The van der Waals surface area contributed by atoms with Gasteiger partial charge in [0.1, 0.15) is 6.04 Å². The summed E-state index contributed by atoms with van der Waals surface area (Å²) in [6, 6.07) is -0.409. The van der Waals surface area contributed by atoms with Crippen molar-refractivity contribution in [2.45, 2.75) is 44.6 Å². The van der Waals surface area contributed by atoms with Crippen molar-refractivity contribution in [2.75, 3.05) is 19.6 Å². The first-order valence-electron chi connectivity index (χ1n) is 6.60. The highest BCUT2D eigenvalue weighted by Crippen LogP contribution is 2.10. The molecule has 2 saturated heterocycles. The van der Waals surface area contributed by atoms with E-state index in [0.717, 1.165) is 45.3 Å². The molecule has 0 aromatic rings. The lowest BCUT2D eigenvalue weighted by Gasteiger charge is -2.27. The minimum absolute atomic E-state index is 0.0422. The second-order valence-corrected chi connectivity index (χ2v) is 4.84. The Morgan fingerprint density at radius 2 is 1.88 bits per heavy atom. The van der Waals surface area contributed by atoms with E-state index in [0.29, 0.717) is 0 Å². The van der Waals surface area contributed by atoms with Crippen molar-refractivity contribution in [1.82, 2.24) is 15.5 Å². The zero-order valence-corrected chi connectivity index (χ0v) is 10.2. The molecule has 2 heterocycles. The molecule has 0 bridgehead atoms. The van der Waals surface area contributed by atoms with Gasteiger partial charge in [0.2, 0.25) is 5.91 Å².